The third-order valence-electron chi connectivity index (χ3n) is 4.76. The molecule has 0 radical (unpaired) electrons. The van der Waals surface area contributed by atoms with Gasteiger partial charge in [-0.25, -0.2) is 0 Å². The third kappa shape index (κ3) is 15.7. The van der Waals surface area contributed by atoms with Crippen LogP contribution in [0.25, 0.3) is 0 Å². The molecule has 0 saturated carbocycles. The van der Waals surface area contributed by atoms with Gasteiger partial charge in [-0.3, -0.25) is 19.4 Å². The zero-order chi connectivity index (χ0) is 23.3. The predicted molar refractivity (Wildman–Crippen MR) is 127 cm³/mol. The van der Waals surface area contributed by atoms with Crippen LogP contribution in [0, 0.1) is 10.8 Å². The molecule has 7 nitrogen and oxygen atoms in total. The Labute approximate surface area is 189 Å². The van der Waals surface area contributed by atoms with Crippen LogP contribution < -0.4 is 10.6 Å². The third-order valence-corrected chi connectivity index (χ3v) is 4.76. The molecule has 0 aliphatic carbocycles. The fourth-order valence-electron chi connectivity index (χ4n) is 2.89. The first-order valence-electron chi connectivity index (χ1n) is 11.4. The van der Waals surface area contributed by atoms with E-state index < -0.39 is 0 Å². The first kappa shape index (κ1) is 27.3. The second kappa shape index (κ2) is 13.7. The van der Waals surface area contributed by atoms with Gasteiger partial charge in [-0.05, 0) is 23.0 Å². The Balaban J connectivity index is 2.46. The Morgan fingerprint density at radius 2 is 1.29 bits per heavy atom. The number of carbonyl (C=O) groups is 2. The molecule has 178 valence electrons. The number of morpholine rings is 1. The van der Waals surface area contributed by atoms with E-state index >= 15 is 0 Å². The Kier molecular flexibility index (Phi) is 12.0. The van der Waals surface area contributed by atoms with E-state index in [-0.39, 0.29) is 22.6 Å². The van der Waals surface area contributed by atoms with Crippen LogP contribution in [0.15, 0.2) is 24.3 Å². The summed E-state index contributed by atoms with van der Waals surface area (Å²) in [6.45, 7) is 20.4. The first-order valence-corrected chi connectivity index (χ1v) is 11.4. The van der Waals surface area contributed by atoms with Crippen LogP contribution in [-0.2, 0) is 14.3 Å². The summed E-state index contributed by atoms with van der Waals surface area (Å²) in [5, 5.41) is 5.92. The Morgan fingerprint density at radius 1 is 0.839 bits per heavy atom. The maximum absolute atomic E-state index is 12.0. The highest BCUT2D eigenvalue weighted by atomic mass is 16.5. The lowest BCUT2D eigenvalue weighted by Crippen LogP contribution is -2.45. The van der Waals surface area contributed by atoms with Gasteiger partial charge in [0.15, 0.2) is 0 Å². The predicted octanol–water partition coefficient (Wildman–Crippen LogP) is 2.06. The lowest BCUT2D eigenvalue weighted by Gasteiger charge is -2.30. The summed E-state index contributed by atoms with van der Waals surface area (Å²) >= 11 is 0. The number of nitrogens with zero attached hydrogens (tertiary/aromatic N) is 2. The molecule has 1 rings (SSSR count). The molecule has 1 fully saturated rings. The SMILES string of the molecule is CC(C)(C)/C=C\C(=O)NCCN(CCNC(=O)/C=C/C(C)(C)C)CCN1CCOCC1. The van der Waals surface area contributed by atoms with Crippen LogP contribution in [0.3, 0.4) is 0 Å². The van der Waals surface area contributed by atoms with Crippen LogP contribution in [0.4, 0.5) is 0 Å². The van der Waals surface area contributed by atoms with Gasteiger partial charge in [0.1, 0.15) is 0 Å². The summed E-state index contributed by atoms with van der Waals surface area (Å²) in [6, 6.07) is 0. The smallest absolute Gasteiger partial charge is 0.243 e. The van der Waals surface area contributed by atoms with Crippen molar-refractivity contribution in [2.75, 3.05) is 65.6 Å². The minimum absolute atomic E-state index is 0.0127. The number of amides is 2. The summed E-state index contributed by atoms with van der Waals surface area (Å²) in [5.74, 6) is -0.132. The highest BCUT2D eigenvalue weighted by Gasteiger charge is 2.13. The first-order chi connectivity index (χ1) is 14.4. The van der Waals surface area contributed by atoms with Gasteiger partial charge >= 0.3 is 0 Å². The van der Waals surface area contributed by atoms with Gasteiger partial charge in [0.05, 0.1) is 13.2 Å². The van der Waals surface area contributed by atoms with E-state index in [1.807, 2.05) is 12.2 Å². The molecule has 31 heavy (non-hydrogen) atoms. The molecule has 0 aromatic carbocycles. The van der Waals surface area contributed by atoms with Crippen molar-refractivity contribution in [3.8, 4) is 0 Å². The fourth-order valence-corrected chi connectivity index (χ4v) is 2.89. The number of allylic oxidation sites excluding steroid dienone is 2. The van der Waals surface area contributed by atoms with Crippen molar-refractivity contribution in [2.24, 2.45) is 10.8 Å². The average molecular weight is 437 g/mol. The molecule has 2 amide bonds. The van der Waals surface area contributed by atoms with Crippen molar-refractivity contribution in [1.82, 2.24) is 20.4 Å². The minimum Gasteiger partial charge on any atom is -0.379 e. The second-order valence-electron chi connectivity index (χ2n) is 10.3. The number of hydrogen-bond acceptors (Lipinski definition) is 5. The summed E-state index contributed by atoms with van der Waals surface area (Å²) in [6.07, 6.45) is 7.05. The molecule has 2 N–H and O–H groups in total. The Morgan fingerprint density at radius 3 is 1.71 bits per heavy atom. The van der Waals surface area contributed by atoms with Crippen molar-refractivity contribution in [1.29, 1.82) is 0 Å². The van der Waals surface area contributed by atoms with E-state index in [0.29, 0.717) is 13.1 Å². The highest BCUT2D eigenvalue weighted by molar-refractivity contribution is 5.87. The van der Waals surface area contributed by atoms with Gasteiger partial charge in [-0.15, -0.1) is 0 Å². The molecule has 1 aliphatic heterocycles. The van der Waals surface area contributed by atoms with Crippen molar-refractivity contribution in [2.45, 2.75) is 41.5 Å². The molecule has 0 bridgehead atoms. The minimum atomic E-state index is -0.0660. The molecule has 7 heteroatoms. The second-order valence-corrected chi connectivity index (χ2v) is 10.3. The molecule has 0 atom stereocenters. The van der Waals surface area contributed by atoms with E-state index in [1.165, 1.54) is 0 Å². The largest absolute Gasteiger partial charge is 0.379 e. The van der Waals surface area contributed by atoms with Crippen LogP contribution in [0.1, 0.15) is 41.5 Å². The number of nitrogens with one attached hydrogen (secondary N) is 2. The number of ether oxygens (including phenoxy) is 1. The van der Waals surface area contributed by atoms with Crippen LogP contribution in [0.5, 0.6) is 0 Å². The van der Waals surface area contributed by atoms with Crippen molar-refractivity contribution in [3.63, 3.8) is 0 Å². The maximum atomic E-state index is 12.0. The van der Waals surface area contributed by atoms with E-state index in [2.05, 4.69) is 62.0 Å². The van der Waals surface area contributed by atoms with Gasteiger partial charge in [0, 0.05) is 52.4 Å². The lowest BCUT2D eigenvalue weighted by molar-refractivity contribution is -0.117. The fraction of sp³-hybridized carbons (Fsp3) is 0.750. The molecule has 1 heterocycles. The maximum Gasteiger partial charge on any atom is 0.243 e. The van der Waals surface area contributed by atoms with E-state index in [9.17, 15) is 9.59 Å². The molecule has 0 aromatic rings. The summed E-state index contributed by atoms with van der Waals surface area (Å²) in [4.78, 5) is 28.7. The van der Waals surface area contributed by atoms with Crippen LogP contribution in [-0.4, -0.2) is 87.2 Å². The summed E-state index contributed by atoms with van der Waals surface area (Å²) < 4.78 is 5.42. The monoisotopic (exact) mass is 436 g/mol. The molecular formula is C24H44N4O3. The van der Waals surface area contributed by atoms with Crippen molar-refractivity contribution >= 4 is 11.8 Å². The molecular weight excluding hydrogens is 392 g/mol. The zero-order valence-electron chi connectivity index (χ0n) is 20.5. The molecule has 0 aromatic heterocycles. The van der Waals surface area contributed by atoms with Crippen LogP contribution in [0.2, 0.25) is 0 Å². The number of rotatable bonds is 11. The van der Waals surface area contributed by atoms with Gasteiger partial charge in [-0.1, -0.05) is 53.7 Å². The van der Waals surface area contributed by atoms with Gasteiger partial charge in [-0.2, -0.15) is 0 Å². The lowest BCUT2D eigenvalue weighted by atomic mass is 9.96. The molecule has 1 saturated heterocycles. The van der Waals surface area contributed by atoms with Gasteiger partial charge in [0.2, 0.25) is 11.8 Å². The van der Waals surface area contributed by atoms with Gasteiger partial charge < -0.3 is 15.4 Å². The standard InChI is InChI=1S/C24H44N4O3/c1-23(2,3)9-7-21(29)25-11-13-27(15-16-28-17-19-31-20-18-28)14-12-26-22(30)8-10-24(4,5)6/h7-10H,11-20H2,1-6H3,(H,25,29)(H,26,30)/b9-7-,10-8+. The summed E-state index contributed by atoms with van der Waals surface area (Å²) in [5.41, 5.74) is -0.0254. The summed E-state index contributed by atoms with van der Waals surface area (Å²) in [7, 11) is 0. The molecule has 1 aliphatic rings. The van der Waals surface area contributed by atoms with Crippen molar-refractivity contribution in [3.05, 3.63) is 24.3 Å². The van der Waals surface area contributed by atoms with Crippen LogP contribution >= 0.6 is 0 Å². The number of carbonyl (C=O) groups excluding carboxylic acids is 2. The average Bonchev–Trinajstić information content (AvgIpc) is 2.68. The zero-order valence-corrected chi connectivity index (χ0v) is 20.5. The Hall–Kier alpha value is -1.70. The topological polar surface area (TPSA) is 73.9 Å². The highest BCUT2D eigenvalue weighted by Crippen LogP contribution is 2.14. The number of hydrogen-bond donors (Lipinski definition) is 2. The van der Waals surface area contributed by atoms with E-state index in [1.54, 1.807) is 12.2 Å². The molecule has 0 spiro atoms. The van der Waals surface area contributed by atoms with E-state index in [4.69, 9.17) is 4.74 Å². The quantitative estimate of drug-likeness (QED) is 0.485. The van der Waals surface area contributed by atoms with E-state index in [0.717, 1.165) is 52.5 Å². The Bertz CT molecular complexity index is 555. The van der Waals surface area contributed by atoms with Gasteiger partial charge in [0.25, 0.3) is 0 Å². The van der Waals surface area contributed by atoms with Crippen molar-refractivity contribution < 1.29 is 14.3 Å². The normalized spacial score (nSPS) is 16.4. The molecule has 0 unspecified atom stereocenters.